The minimum absolute atomic E-state index is 0.0872. The average molecular weight is 253 g/mol. The maximum atomic E-state index is 11.8. The van der Waals surface area contributed by atoms with E-state index in [1.807, 2.05) is 0 Å². The Bertz CT molecular complexity index is 405. The summed E-state index contributed by atoms with van der Waals surface area (Å²) in [6.07, 6.45) is 1.87. The van der Waals surface area contributed by atoms with Crippen LogP contribution in [0.4, 0.5) is 5.88 Å². The molecule has 0 bridgehead atoms. The van der Waals surface area contributed by atoms with Crippen LogP contribution in [0.3, 0.4) is 0 Å². The second kappa shape index (κ2) is 5.97. The second-order valence-corrected chi connectivity index (χ2v) is 4.78. The SMILES string of the molecule is Cc1cc(NC(=O)CN2CCC(CCO)C2)on1. The summed E-state index contributed by atoms with van der Waals surface area (Å²) in [4.78, 5) is 13.8. The van der Waals surface area contributed by atoms with Gasteiger partial charge in [0.2, 0.25) is 11.8 Å². The average Bonchev–Trinajstić information content (AvgIpc) is 2.89. The Hall–Kier alpha value is -1.40. The fourth-order valence-corrected chi connectivity index (χ4v) is 2.28. The third kappa shape index (κ3) is 3.54. The van der Waals surface area contributed by atoms with Crippen molar-refractivity contribution in [1.82, 2.24) is 10.1 Å². The number of nitrogens with zero attached hydrogens (tertiary/aromatic N) is 2. The topological polar surface area (TPSA) is 78.6 Å². The van der Waals surface area contributed by atoms with Crippen LogP contribution in [-0.2, 0) is 4.79 Å². The normalized spacial score (nSPS) is 20.2. The van der Waals surface area contributed by atoms with Crippen LogP contribution < -0.4 is 5.32 Å². The van der Waals surface area contributed by atoms with E-state index in [1.54, 1.807) is 13.0 Å². The molecule has 1 amide bonds. The molecular formula is C12H19N3O3. The Balaban J connectivity index is 1.75. The van der Waals surface area contributed by atoms with Crippen LogP contribution in [-0.4, -0.2) is 47.3 Å². The Morgan fingerprint density at radius 1 is 1.72 bits per heavy atom. The highest BCUT2D eigenvalue weighted by atomic mass is 16.5. The monoisotopic (exact) mass is 253 g/mol. The lowest BCUT2D eigenvalue weighted by Gasteiger charge is -2.14. The van der Waals surface area contributed by atoms with E-state index in [2.05, 4.69) is 15.4 Å². The molecule has 0 saturated carbocycles. The number of hydrogen-bond donors (Lipinski definition) is 2. The van der Waals surface area contributed by atoms with Gasteiger partial charge in [0.15, 0.2) is 0 Å². The lowest BCUT2D eigenvalue weighted by atomic mass is 10.1. The van der Waals surface area contributed by atoms with E-state index in [-0.39, 0.29) is 12.5 Å². The van der Waals surface area contributed by atoms with E-state index in [0.29, 0.717) is 18.3 Å². The standard InChI is InChI=1S/C12H19N3O3/c1-9-6-12(18-14-9)13-11(17)8-15-4-2-10(7-15)3-5-16/h6,10,16H,2-5,7-8H2,1H3,(H,13,17). The number of aliphatic hydroxyl groups is 1. The summed E-state index contributed by atoms with van der Waals surface area (Å²) in [6, 6.07) is 1.69. The van der Waals surface area contributed by atoms with Crippen molar-refractivity contribution in [2.24, 2.45) is 5.92 Å². The van der Waals surface area contributed by atoms with Crippen LogP contribution in [0.2, 0.25) is 0 Å². The third-order valence-electron chi connectivity index (χ3n) is 3.17. The van der Waals surface area contributed by atoms with Gasteiger partial charge in [-0.25, -0.2) is 0 Å². The molecule has 1 aromatic rings. The number of aliphatic hydroxyl groups excluding tert-OH is 1. The summed E-state index contributed by atoms with van der Waals surface area (Å²) in [5.74, 6) is 0.815. The molecule has 1 unspecified atom stereocenters. The quantitative estimate of drug-likeness (QED) is 0.804. The molecule has 2 rings (SSSR count). The third-order valence-corrected chi connectivity index (χ3v) is 3.17. The van der Waals surface area contributed by atoms with Gasteiger partial charge in [-0.3, -0.25) is 15.0 Å². The highest BCUT2D eigenvalue weighted by Gasteiger charge is 2.23. The highest BCUT2D eigenvalue weighted by Crippen LogP contribution is 2.18. The van der Waals surface area contributed by atoms with Gasteiger partial charge >= 0.3 is 0 Å². The molecule has 100 valence electrons. The Morgan fingerprint density at radius 3 is 3.22 bits per heavy atom. The molecule has 1 atom stereocenters. The Labute approximate surface area is 106 Å². The molecule has 1 aromatic heterocycles. The summed E-state index contributed by atoms with van der Waals surface area (Å²) < 4.78 is 4.93. The number of aromatic nitrogens is 1. The van der Waals surface area contributed by atoms with E-state index >= 15 is 0 Å². The van der Waals surface area contributed by atoms with Gasteiger partial charge in [-0.2, -0.15) is 0 Å². The van der Waals surface area contributed by atoms with E-state index in [1.165, 1.54) is 0 Å². The van der Waals surface area contributed by atoms with E-state index in [0.717, 1.165) is 31.6 Å². The molecule has 18 heavy (non-hydrogen) atoms. The molecule has 2 heterocycles. The number of carbonyl (C=O) groups is 1. The van der Waals surface area contributed by atoms with Gasteiger partial charge in [0.1, 0.15) is 0 Å². The second-order valence-electron chi connectivity index (χ2n) is 4.78. The smallest absolute Gasteiger partial charge is 0.240 e. The van der Waals surface area contributed by atoms with E-state index in [4.69, 9.17) is 9.63 Å². The molecule has 6 heteroatoms. The number of hydrogen-bond acceptors (Lipinski definition) is 5. The first-order valence-corrected chi connectivity index (χ1v) is 6.23. The maximum absolute atomic E-state index is 11.8. The number of nitrogens with one attached hydrogen (secondary N) is 1. The van der Waals surface area contributed by atoms with Crippen LogP contribution in [0.25, 0.3) is 0 Å². The molecule has 0 radical (unpaired) electrons. The highest BCUT2D eigenvalue weighted by molar-refractivity contribution is 5.90. The van der Waals surface area contributed by atoms with Crippen LogP contribution in [0, 0.1) is 12.8 Å². The lowest BCUT2D eigenvalue weighted by Crippen LogP contribution is -2.31. The fourth-order valence-electron chi connectivity index (χ4n) is 2.28. The van der Waals surface area contributed by atoms with Gasteiger partial charge in [0, 0.05) is 19.2 Å². The van der Waals surface area contributed by atoms with Gasteiger partial charge in [-0.15, -0.1) is 0 Å². The minimum Gasteiger partial charge on any atom is -0.396 e. The van der Waals surface area contributed by atoms with Gasteiger partial charge < -0.3 is 9.63 Å². The van der Waals surface area contributed by atoms with Crippen molar-refractivity contribution in [2.45, 2.75) is 19.8 Å². The van der Waals surface area contributed by atoms with Crippen molar-refractivity contribution in [3.63, 3.8) is 0 Å². The van der Waals surface area contributed by atoms with Crippen molar-refractivity contribution in [2.75, 3.05) is 31.6 Å². The largest absolute Gasteiger partial charge is 0.396 e. The first-order chi connectivity index (χ1) is 8.67. The molecule has 1 saturated heterocycles. The number of anilines is 1. The molecular weight excluding hydrogens is 234 g/mol. The molecule has 1 aliphatic rings. The van der Waals surface area contributed by atoms with Crippen molar-refractivity contribution in [3.8, 4) is 0 Å². The van der Waals surface area contributed by atoms with Crippen LogP contribution >= 0.6 is 0 Å². The van der Waals surface area contributed by atoms with Gasteiger partial charge in [0.25, 0.3) is 0 Å². The number of amides is 1. The minimum atomic E-state index is -0.0872. The predicted octanol–water partition coefficient (Wildman–Crippen LogP) is 0.626. The van der Waals surface area contributed by atoms with Gasteiger partial charge in [-0.05, 0) is 32.2 Å². The first-order valence-electron chi connectivity index (χ1n) is 6.23. The summed E-state index contributed by atoms with van der Waals surface area (Å²) in [5.41, 5.74) is 0.745. The van der Waals surface area contributed by atoms with E-state index < -0.39 is 0 Å². The van der Waals surface area contributed by atoms with Gasteiger partial charge in [-0.1, -0.05) is 5.16 Å². The summed E-state index contributed by atoms with van der Waals surface area (Å²) in [7, 11) is 0. The van der Waals surface area contributed by atoms with Crippen molar-refractivity contribution < 1.29 is 14.4 Å². The zero-order valence-corrected chi connectivity index (χ0v) is 10.6. The zero-order valence-electron chi connectivity index (χ0n) is 10.6. The molecule has 2 N–H and O–H groups in total. The molecule has 0 spiro atoms. The number of likely N-dealkylation sites (tertiary alicyclic amines) is 1. The van der Waals surface area contributed by atoms with E-state index in [9.17, 15) is 4.79 Å². The predicted molar refractivity (Wildman–Crippen MR) is 66.1 cm³/mol. The number of rotatable bonds is 5. The van der Waals surface area contributed by atoms with Crippen LogP contribution in [0.15, 0.2) is 10.6 Å². The lowest BCUT2D eigenvalue weighted by molar-refractivity contribution is -0.117. The molecule has 1 aliphatic heterocycles. The van der Waals surface area contributed by atoms with Crippen molar-refractivity contribution in [3.05, 3.63) is 11.8 Å². The summed E-state index contributed by atoms with van der Waals surface area (Å²) in [5, 5.41) is 15.3. The number of carbonyl (C=O) groups excluding carboxylic acids is 1. The Morgan fingerprint density at radius 2 is 2.56 bits per heavy atom. The van der Waals surface area contributed by atoms with Crippen molar-refractivity contribution >= 4 is 11.8 Å². The maximum Gasteiger partial charge on any atom is 0.240 e. The summed E-state index contributed by atoms with van der Waals surface area (Å²) in [6.45, 7) is 4.18. The van der Waals surface area contributed by atoms with Crippen molar-refractivity contribution in [1.29, 1.82) is 0 Å². The number of aryl methyl sites for hydroxylation is 1. The molecule has 0 aromatic carbocycles. The van der Waals surface area contributed by atoms with Gasteiger partial charge in [0.05, 0.1) is 12.2 Å². The van der Waals surface area contributed by atoms with Crippen LogP contribution in [0.1, 0.15) is 18.5 Å². The summed E-state index contributed by atoms with van der Waals surface area (Å²) >= 11 is 0. The first kappa shape index (κ1) is 13.0. The molecule has 6 nitrogen and oxygen atoms in total. The fraction of sp³-hybridized carbons (Fsp3) is 0.667. The molecule has 1 fully saturated rings. The zero-order chi connectivity index (χ0) is 13.0. The Kier molecular flexibility index (Phi) is 4.33. The van der Waals surface area contributed by atoms with Crippen LogP contribution in [0.5, 0.6) is 0 Å². The molecule has 0 aliphatic carbocycles.